The number of aldehydes is 1. The van der Waals surface area contributed by atoms with Gasteiger partial charge in [0.25, 0.3) is 5.69 Å². The first-order valence-corrected chi connectivity index (χ1v) is 11.9. The summed E-state index contributed by atoms with van der Waals surface area (Å²) < 4.78 is 7.07. The molecule has 13 nitrogen and oxygen atoms in total. The van der Waals surface area contributed by atoms with Crippen LogP contribution in [0.25, 0.3) is 5.82 Å². The summed E-state index contributed by atoms with van der Waals surface area (Å²) in [6.07, 6.45) is 5.99. The summed E-state index contributed by atoms with van der Waals surface area (Å²) in [5.74, 6) is 1.29. The molecular weight excluding hydrogens is 480 g/mol. The third-order valence-electron chi connectivity index (χ3n) is 6.54. The van der Waals surface area contributed by atoms with Gasteiger partial charge in [0.1, 0.15) is 11.4 Å². The van der Waals surface area contributed by atoms with Gasteiger partial charge in [-0.2, -0.15) is 10.1 Å². The molecule has 1 amide bonds. The lowest BCUT2D eigenvalue weighted by Gasteiger charge is -2.35. The molecule has 1 saturated carbocycles. The number of carbonyl (C=O) groups excluding carboxylic acids is 2. The smallest absolute Gasteiger partial charge is 0.294 e. The highest BCUT2D eigenvalue weighted by Crippen LogP contribution is 2.41. The molecule has 192 valence electrons. The van der Waals surface area contributed by atoms with E-state index in [9.17, 15) is 19.7 Å². The zero-order valence-corrected chi connectivity index (χ0v) is 20.5. The SMILES string of the molecule is COc1cc(N2CCN(C(C)=O)CC2)c([N+](=O)[O-])cc1Nc1nccc(-n2cc(C=O)c(C3CC3)n2)n1. The minimum Gasteiger partial charge on any atom is -0.494 e. The summed E-state index contributed by atoms with van der Waals surface area (Å²) in [5.41, 5.74) is 1.93. The summed E-state index contributed by atoms with van der Waals surface area (Å²) in [6, 6.07) is 4.66. The molecule has 1 saturated heterocycles. The van der Waals surface area contributed by atoms with Gasteiger partial charge < -0.3 is 19.9 Å². The van der Waals surface area contributed by atoms with E-state index < -0.39 is 4.92 Å². The van der Waals surface area contributed by atoms with Crippen LogP contribution in [0.3, 0.4) is 0 Å². The fraction of sp³-hybridized carbons (Fsp3) is 0.375. The summed E-state index contributed by atoms with van der Waals surface area (Å²) in [5, 5.41) is 19.5. The number of amides is 1. The van der Waals surface area contributed by atoms with Gasteiger partial charge in [-0.05, 0) is 12.8 Å². The lowest BCUT2D eigenvalue weighted by molar-refractivity contribution is -0.384. The molecule has 1 aromatic carbocycles. The monoisotopic (exact) mass is 506 g/mol. The van der Waals surface area contributed by atoms with Crippen LogP contribution >= 0.6 is 0 Å². The molecule has 37 heavy (non-hydrogen) atoms. The predicted molar refractivity (Wildman–Crippen MR) is 134 cm³/mol. The lowest BCUT2D eigenvalue weighted by atomic mass is 10.1. The van der Waals surface area contributed by atoms with E-state index in [4.69, 9.17) is 4.74 Å². The number of methoxy groups -OCH3 is 1. The van der Waals surface area contributed by atoms with E-state index in [2.05, 4.69) is 20.4 Å². The van der Waals surface area contributed by atoms with Crippen molar-refractivity contribution in [3.8, 4) is 11.6 Å². The van der Waals surface area contributed by atoms with Crippen LogP contribution in [0.2, 0.25) is 0 Å². The number of nitro benzene ring substituents is 1. The highest BCUT2D eigenvalue weighted by atomic mass is 16.6. The van der Waals surface area contributed by atoms with Gasteiger partial charge in [-0.15, -0.1) is 0 Å². The van der Waals surface area contributed by atoms with Gasteiger partial charge in [-0.3, -0.25) is 19.7 Å². The molecule has 1 aliphatic heterocycles. The Bertz CT molecular complexity index is 1360. The van der Waals surface area contributed by atoms with E-state index >= 15 is 0 Å². The van der Waals surface area contributed by atoms with Gasteiger partial charge in [0.05, 0.1) is 29.0 Å². The first-order valence-electron chi connectivity index (χ1n) is 11.9. The molecule has 0 atom stereocenters. The summed E-state index contributed by atoms with van der Waals surface area (Å²) >= 11 is 0. The van der Waals surface area contributed by atoms with E-state index in [-0.39, 0.29) is 17.5 Å². The first kappa shape index (κ1) is 24.2. The summed E-state index contributed by atoms with van der Waals surface area (Å²) in [6.45, 7) is 3.42. The number of piperazine rings is 1. The Balaban J connectivity index is 1.43. The van der Waals surface area contributed by atoms with E-state index in [0.717, 1.165) is 24.8 Å². The number of carbonyl (C=O) groups is 2. The van der Waals surface area contributed by atoms with E-state index in [1.807, 2.05) is 4.90 Å². The van der Waals surface area contributed by atoms with E-state index in [1.165, 1.54) is 31.0 Å². The number of hydrogen-bond acceptors (Lipinski definition) is 10. The predicted octanol–water partition coefficient (Wildman–Crippen LogP) is 2.68. The molecule has 5 rings (SSSR count). The molecule has 0 bridgehead atoms. The standard InChI is InChI=1S/C24H26N8O5/c1-15(34)29-7-9-30(10-8-29)19-12-21(37-2)18(11-20(19)32(35)36)26-24-25-6-5-22(27-24)31-13-17(14-33)23(28-31)16-3-4-16/h5-6,11-14,16H,3-4,7-10H2,1-2H3,(H,25,26,27). The van der Waals surface area contributed by atoms with Crippen LogP contribution in [0.4, 0.5) is 23.0 Å². The summed E-state index contributed by atoms with van der Waals surface area (Å²) in [4.78, 5) is 47.0. The van der Waals surface area contributed by atoms with Crippen LogP contribution in [-0.2, 0) is 4.79 Å². The van der Waals surface area contributed by atoms with Crippen molar-refractivity contribution in [3.63, 3.8) is 0 Å². The first-order chi connectivity index (χ1) is 17.9. The Kier molecular flexibility index (Phi) is 6.42. The third kappa shape index (κ3) is 4.92. The van der Waals surface area contributed by atoms with Gasteiger partial charge in [-0.1, -0.05) is 0 Å². The Hall–Kier alpha value is -4.55. The number of nitro groups is 1. The Labute approximate surface area is 212 Å². The molecule has 0 spiro atoms. The van der Waals surface area contributed by atoms with Crippen molar-refractivity contribution in [2.45, 2.75) is 25.7 Å². The largest absolute Gasteiger partial charge is 0.494 e. The average molecular weight is 507 g/mol. The molecule has 2 aliphatic rings. The molecule has 0 radical (unpaired) electrons. The molecule has 3 aromatic rings. The highest BCUT2D eigenvalue weighted by molar-refractivity contribution is 5.78. The maximum absolute atomic E-state index is 12.0. The van der Waals surface area contributed by atoms with E-state index in [0.29, 0.717) is 60.6 Å². The lowest BCUT2D eigenvalue weighted by Crippen LogP contribution is -2.48. The Morgan fingerprint density at radius 3 is 2.62 bits per heavy atom. The number of nitrogens with one attached hydrogen (secondary N) is 1. The van der Waals surface area contributed by atoms with Gasteiger partial charge in [0.2, 0.25) is 11.9 Å². The number of rotatable bonds is 8. The van der Waals surface area contributed by atoms with Crippen LogP contribution in [0.15, 0.2) is 30.6 Å². The minimum absolute atomic E-state index is 0.0187. The average Bonchev–Trinajstić information content (AvgIpc) is 3.66. The molecule has 3 heterocycles. The second kappa shape index (κ2) is 9.84. The molecule has 13 heteroatoms. The quantitative estimate of drug-likeness (QED) is 0.274. The fourth-order valence-corrected chi connectivity index (χ4v) is 4.43. The van der Waals surface area contributed by atoms with Crippen LogP contribution in [0, 0.1) is 10.1 Å². The van der Waals surface area contributed by atoms with Crippen LogP contribution < -0.4 is 15.0 Å². The Morgan fingerprint density at radius 1 is 1.24 bits per heavy atom. The van der Waals surface area contributed by atoms with Crippen molar-refractivity contribution >= 4 is 35.2 Å². The molecule has 1 N–H and O–H groups in total. The topological polar surface area (TPSA) is 149 Å². The molecule has 0 unspecified atom stereocenters. The number of aromatic nitrogens is 4. The number of hydrogen-bond donors (Lipinski definition) is 1. The van der Waals surface area contributed by atoms with Crippen molar-refractivity contribution in [1.82, 2.24) is 24.6 Å². The Morgan fingerprint density at radius 2 is 2.00 bits per heavy atom. The number of benzene rings is 1. The van der Waals surface area contributed by atoms with Crippen LogP contribution in [0.5, 0.6) is 5.75 Å². The molecule has 1 aliphatic carbocycles. The zero-order valence-electron chi connectivity index (χ0n) is 20.5. The van der Waals surface area contributed by atoms with Crippen LogP contribution in [0.1, 0.15) is 41.7 Å². The minimum atomic E-state index is -0.446. The van der Waals surface area contributed by atoms with Gasteiger partial charge in [0, 0.05) is 69.6 Å². The number of anilines is 3. The van der Waals surface area contributed by atoms with Crippen molar-refractivity contribution < 1.29 is 19.2 Å². The van der Waals surface area contributed by atoms with E-state index in [1.54, 1.807) is 23.2 Å². The molecular formula is C24H26N8O5. The zero-order chi connectivity index (χ0) is 26.1. The van der Waals surface area contributed by atoms with Crippen molar-refractivity contribution in [2.75, 3.05) is 43.5 Å². The molecule has 2 aromatic heterocycles. The van der Waals surface area contributed by atoms with Crippen molar-refractivity contribution in [1.29, 1.82) is 0 Å². The van der Waals surface area contributed by atoms with Gasteiger partial charge >= 0.3 is 0 Å². The molecule has 2 fully saturated rings. The normalized spacial score (nSPS) is 15.4. The van der Waals surface area contributed by atoms with Gasteiger partial charge in [-0.25, -0.2) is 9.67 Å². The summed E-state index contributed by atoms with van der Waals surface area (Å²) in [7, 11) is 1.48. The van der Waals surface area contributed by atoms with Crippen LogP contribution in [-0.4, -0.2) is 75.1 Å². The number of ether oxygens (including phenoxy) is 1. The van der Waals surface area contributed by atoms with Crippen molar-refractivity contribution in [2.24, 2.45) is 0 Å². The second-order valence-electron chi connectivity index (χ2n) is 8.96. The number of nitrogens with zero attached hydrogens (tertiary/aromatic N) is 7. The third-order valence-corrected chi connectivity index (χ3v) is 6.54. The van der Waals surface area contributed by atoms with Gasteiger partial charge in [0.15, 0.2) is 12.1 Å². The second-order valence-corrected chi connectivity index (χ2v) is 8.96. The fourth-order valence-electron chi connectivity index (χ4n) is 4.43. The maximum atomic E-state index is 12.0. The van der Waals surface area contributed by atoms with Crippen molar-refractivity contribution in [3.05, 3.63) is 52.0 Å². The highest BCUT2D eigenvalue weighted by Gasteiger charge is 2.30. The maximum Gasteiger partial charge on any atom is 0.294 e.